The molecule has 3 nitrogen and oxygen atoms in total. The first kappa shape index (κ1) is 8.88. The van der Waals surface area contributed by atoms with Gasteiger partial charge in [-0.3, -0.25) is 0 Å². The van der Waals surface area contributed by atoms with Crippen LogP contribution in [0.4, 0.5) is 0 Å². The van der Waals surface area contributed by atoms with E-state index in [1.165, 1.54) is 0 Å². The van der Waals surface area contributed by atoms with E-state index in [2.05, 4.69) is 7.05 Å². The van der Waals surface area contributed by atoms with E-state index in [4.69, 9.17) is 10.5 Å². The smallest absolute Gasteiger partial charge is 0.0935 e. The molecule has 9 heavy (non-hydrogen) atoms. The van der Waals surface area contributed by atoms with Crippen LogP contribution >= 0.6 is 0 Å². The lowest BCUT2D eigenvalue weighted by atomic mass is 10.6. The van der Waals surface area contributed by atoms with Crippen LogP contribution in [0.25, 0.3) is 0 Å². The van der Waals surface area contributed by atoms with E-state index in [9.17, 15) is 0 Å². The van der Waals surface area contributed by atoms with Crippen molar-refractivity contribution in [1.29, 1.82) is 0 Å². The normalized spacial score (nSPS) is 13.7. The molecule has 0 aromatic rings. The van der Waals surface area contributed by atoms with Crippen molar-refractivity contribution < 1.29 is 9.64 Å². The summed E-state index contributed by atoms with van der Waals surface area (Å²) >= 11 is 0. The Kier molecular flexibility index (Phi) is 5.93. The second kappa shape index (κ2) is 6.01. The Labute approximate surface area is 56.8 Å². The largest absolute Gasteiger partial charge is 0.468 e. The van der Waals surface area contributed by atoms with Crippen LogP contribution < -0.4 is 10.6 Å². The summed E-state index contributed by atoms with van der Waals surface area (Å²) in [7, 11) is 5.73. The summed E-state index contributed by atoms with van der Waals surface area (Å²) in [6.07, 6.45) is 0. The molecule has 0 heterocycles. The van der Waals surface area contributed by atoms with Gasteiger partial charge in [0.25, 0.3) is 0 Å². The topological polar surface area (TPSA) is 39.7 Å². The Morgan fingerprint density at radius 2 is 2.22 bits per heavy atom. The quantitative estimate of drug-likeness (QED) is 0.344. The molecule has 0 saturated carbocycles. The zero-order valence-corrected chi connectivity index (χ0v) is 6.02. The summed E-state index contributed by atoms with van der Waals surface area (Å²) < 4.78 is 5.11. The molecular weight excluding hydrogens is 116 g/mol. The third-order valence-corrected chi connectivity index (χ3v) is 0.935. The Bertz CT molecular complexity index is 57.0. The molecular formula is C6H16N2O. The number of hydrogen-bond donors (Lipinski definition) is 2. The van der Waals surface area contributed by atoms with Crippen LogP contribution in [0.15, 0.2) is 0 Å². The van der Waals surface area contributed by atoms with E-state index in [0.717, 1.165) is 18.1 Å². The summed E-state index contributed by atoms with van der Waals surface area (Å²) in [4.78, 5) is 1.16. The van der Waals surface area contributed by atoms with Crippen LogP contribution in [-0.2, 0) is 4.74 Å². The fourth-order valence-corrected chi connectivity index (χ4v) is 0.432. The minimum atomic E-state index is 0.607. The van der Waals surface area contributed by atoms with Crippen molar-refractivity contribution in [3.63, 3.8) is 0 Å². The van der Waals surface area contributed by atoms with Gasteiger partial charge in [-0.1, -0.05) is 0 Å². The number of quaternary nitrogens is 1. The molecule has 1 atom stereocenters. The molecule has 0 aliphatic heterocycles. The maximum atomic E-state index is 5.20. The van der Waals surface area contributed by atoms with Gasteiger partial charge in [0.05, 0.1) is 19.8 Å². The molecule has 0 fully saturated rings. The van der Waals surface area contributed by atoms with Gasteiger partial charge in [0.2, 0.25) is 0 Å². The van der Waals surface area contributed by atoms with Crippen molar-refractivity contribution in [2.24, 2.45) is 5.73 Å². The predicted molar refractivity (Wildman–Crippen MR) is 37.0 cm³/mol. The van der Waals surface area contributed by atoms with E-state index in [-0.39, 0.29) is 0 Å². The highest BCUT2D eigenvalue weighted by atomic mass is 16.5. The van der Waals surface area contributed by atoms with E-state index in [1.54, 1.807) is 0 Å². The number of ether oxygens (including phenoxy) is 1. The van der Waals surface area contributed by atoms with Crippen molar-refractivity contribution >= 4 is 0 Å². The molecule has 0 aliphatic carbocycles. The first-order chi connectivity index (χ1) is 4.27. The Hall–Kier alpha value is -0.120. The van der Waals surface area contributed by atoms with Gasteiger partial charge < -0.3 is 15.4 Å². The number of rotatable bonds is 5. The lowest BCUT2D eigenvalue weighted by molar-refractivity contribution is -0.832. The van der Waals surface area contributed by atoms with Crippen molar-refractivity contribution in [3.05, 3.63) is 7.05 Å². The average molecular weight is 132 g/mol. The zero-order chi connectivity index (χ0) is 7.11. The molecule has 0 bridgehead atoms. The molecule has 0 aromatic carbocycles. The molecule has 0 rings (SSSR count). The van der Waals surface area contributed by atoms with Gasteiger partial charge in [0.1, 0.15) is 0 Å². The SMILES string of the molecule is [CH2-][NH+](C)CCOCCN. The number of nitrogens with two attached hydrogens (primary N) is 1. The van der Waals surface area contributed by atoms with Gasteiger partial charge in [-0.05, 0) is 0 Å². The van der Waals surface area contributed by atoms with Crippen molar-refractivity contribution in [2.75, 3.05) is 33.4 Å². The van der Waals surface area contributed by atoms with Crippen LogP contribution in [0.5, 0.6) is 0 Å². The molecule has 0 radical (unpaired) electrons. The van der Waals surface area contributed by atoms with Crippen molar-refractivity contribution in [3.8, 4) is 0 Å². The standard InChI is InChI=1S/C6H16N2O/c1-8(2)4-6-9-5-3-7/h8H,1,3-7H2,2H3. The van der Waals surface area contributed by atoms with Gasteiger partial charge in [-0.2, -0.15) is 7.05 Å². The predicted octanol–water partition coefficient (Wildman–Crippen LogP) is -1.73. The molecule has 0 saturated heterocycles. The maximum Gasteiger partial charge on any atom is 0.0935 e. The summed E-state index contributed by atoms with van der Waals surface area (Å²) in [5, 5.41) is 0. The van der Waals surface area contributed by atoms with Gasteiger partial charge in [0.15, 0.2) is 0 Å². The van der Waals surface area contributed by atoms with Gasteiger partial charge >= 0.3 is 0 Å². The third kappa shape index (κ3) is 7.88. The summed E-state index contributed by atoms with van der Waals surface area (Å²) in [5.74, 6) is 0. The van der Waals surface area contributed by atoms with Gasteiger partial charge in [-0.15, -0.1) is 0 Å². The second-order valence-corrected chi connectivity index (χ2v) is 2.11. The first-order valence-corrected chi connectivity index (χ1v) is 3.19. The molecule has 0 spiro atoms. The number of likely N-dealkylation sites (N-methyl/N-ethyl adjacent to an activating group) is 1. The van der Waals surface area contributed by atoms with Crippen LogP contribution in [0.2, 0.25) is 0 Å². The van der Waals surface area contributed by atoms with Crippen LogP contribution in [0.1, 0.15) is 0 Å². The van der Waals surface area contributed by atoms with Gasteiger partial charge in [-0.25, -0.2) is 0 Å². The summed E-state index contributed by atoms with van der Waals surface area (Å²) in [6, 6.07) is 0. The highest BCUT2D eigenvalue weighted by Crippen LogP contribution is 1.65. The molecule has 56 valence electrons. The Balaban J connectivity index is 2.75. The van der Waals surface area contributed by atoms with Crippen LogP contribution in [0, 0.1) is 7.05 Å². The highest BCUT2D eigenvalue weighted by molar-refractivity contribution is 4.29. The lowest BCUT2D eigenvalue weighted by Gasteiger charge is -2.13. The van der Waals surface area contributed by atoms with Crippen molar-refractivity contribution in [2.45, 2.75) is 0 Å². The molecule has 0 amide bonds. The lowest BCUT2D eigenvalue weighted by Crippen LogP contribution is -3.04. The first-order valence-electron chi connectivity index (χ1n) is 3.19. The van der Waals surface area contributed by atoms with E-state index >= 15 is 0 Å². The minimum absolute atomic E-state index is 0.607. The monoisotopic (exact) mass is 132 g/mol. The van der Waals surface area contributed by atoms with Crippen molar-refractivity contribution in [1.82, 2.24) is 0 Å². The molecule has 3 heteroatoms. The second-order valence-electron chi connectivity index (χ2n) is 2.11. The fraction of sp³-hybridized carbons (Fsp3) is 0.833. The zero-order valence-electron chi connectivity index (χ0n) is 6.02. The number of nitrogens with one attached hydrogen (secondary N) is 1. The van der Waals surface area contributed by atoms with E-state index < -0.39 is 0 Å². The fourth-order valence-electron chi connectivity index (χ4n) is 0.432. The molecule has 1 unspecified atom stereocenters. The molecule has 0 aromatic heterocycles. The Morgan fingerprint density at radius 3 is 2.67 bits per heavy atom. The van der Waals surface area contributed by atoms with Crippen LogP contribution in [0.3, 0.4) is 0 Å². The maximum absolute atomic E-state index is 5.20. The van der Waals surface area contributed by atoms with Gasteiger partial charge in [0, 0.05) is 13.6 Å². The average Bonchev–Trinajstić information content (AvgIpc) is 1.80. The Morgan fingerprint density at radius 1 is 1.56 bits per heavy atom. The van der Waals surface area contributed by atoms with E-state index in [1.807, 2.05) is 7.05 Å². The summed E-state index contributed by atoms with van der Waals surface area (Å²) in [6.45, 7) is 2.97. The van der Waals surface area contributed by atoms with Crippen LogP contribution in [-0.4, -0.2) is 33.4 Å². The minimum Gasteiger partial charge on any atom is -0.468 e. The third-order valence-electron chi connectivity index (χ3n) is 0.935. The number of hydrogen-bond acceptors (Lipinski definition) is 2. The molecule has 3 N–H and O–H groups in total. The molecule has 0 aliphatic rings. The highest BCUT2D eigenvalue weighted by Gasteiger charge is 1.86. The van der Waals surface area contributed by atoms with E-state index in [0.29, 0.717) is 13.2 Å². The summed E-state index contributed by atoms with van der Waals surface area (Å²) in [5.41, 5.74) is 5.20.